The van der Waals surface area contributed by atoms with E-state index in [-0.39, 0.29) is 0 Å². The molecule has 0 unspecified atom stereocenters. The number of hydrogen-bond donors (Lipinski definition) is 1. The van der Waals surface area contributed by atoms with Gasteiger partial charge in [-0.1, -0.05) is 60.7 Å². The first-order chi connectivity index (χ1) is 10.7. The van der Waals surface area contributed by atoms with Crippen molar-refractivity contribution in [3.8, 4) is 0 Å². The zero-order chi connectivity index (χ0) is 15.4. The number of carbonyl (C=O) groups is 1. The first kappa shape index (κ1) is 14.3. The largest absolute Gasteiger partial charge is 0.452 e. The summed E-state index contributed by atoms with van der Waals surface area (Å²) in [6.45, 7) is 0. The lowest BCUT2D eigenvalue weighted by molar-refractivity contribution is -0.141. The van der Waals surface area contributed by atoms with E-state index in [0.29, 0.717) is 0 Å². The minimum Gasteiger partial charge on any atom is -0.452 e. The van der Waals surface area contributed by atoms with Crippen LogP contribution in [0, 0.1) is 0 Å². The Morgan fingerprint density at radius 2 is 1.55 bits per heavy atom. The number of ether oxygens (including phenoxy) is 1. The zero-order valence-electron chi connectivity index (χ0n) is 11.9. The van der Waals surface area contributed by atoms with E-state index < -0.39 is 18.2 Å². The molecule has 1 heterocycles. The lowest BCUT2D eigenvalue weighted by Gasteiger charge is -2.16. The van der Waals surface area contributed by atoms with Gasteiger partial charge in [0.1, 0.15) is 6.10 Å². The van der Waals surface area contributed by atoms with Crippen LogP contribution >= 0.6 is 0 Å². The molecule has 1 N–H and O–H groups in total. The molecule has 3 heteroatoms. The van der Waals surface area contributed by atoms with Gasteiger partial charge in [-0.2, -0.15) is 0 Å². The van der Waals surface area contributed by atoms with Gasteiger partial charge in [0.2, 0.25) is 0 Å². The third-order valence-corrected chi connectivity index (χ3v) is 3.52. The van der Waals surface area contributed by atoms with Gasteiger partial charge in [-0.05, 0) is 28.9 Å². The van der Waals surface area contributed by atoms with Gasteiger partial charge in [-0.25, -0.2) is 4.79 Å². The molecule has 0 amide bonds. The maximum Gasteiger partial charge on any atom is 0.331 e. The Balaban J connectivity index is 1.97. The molecule has 3 nitrogen and oxygen atoms in total. The maximum atomic E-state index is 11.1. The third kappa shape index (κ3) is 3.15. The van der Waals surface area contributed by atoms with Crippen LogP contribution in [-0.2, 0) is 9.53 Å². The maximum absolute atomic E-state index is 11.1. The van der Waals surface area contributed by atoms with Crippen molar-refractivity contribution in [3.63, 3.8) is 0 Å². The number of aliphatic hydroxyl groups is 1. The van der Waals surface area contributed by atoms with Crippen molar-refractivity contribution in [3.05, 3.63) is 90.0 Å². The second-order valence-corrected chi connectivity index (χ2v) is 5.06. The summed E-state index contributed by atoms with van der Waals surface area (Å²) in [7, 11) is 0. The topological polar surface area (TPSA) is 46.5 Å². The molecule has 2 aromatic carbocycles. The Kier molecular flexibility index (Phi) is 4.17. The molecule has 0 spiro atoms. The second kappa shape index (κ2) is 6.41. The monoisotopic (exact) mass is 292 g/mol. The molecular formula is C19H16O3. The van der Waals surface area contributed by atoms with Crippen LogP contribution < -0.4 is 0 Å². The molecule has 3 rings (SSSR count). The first-order valence-corrected chi connectivity index (χ1v) is 7.13. The SMILES string of the molecule is O=C1C=C[C@@H]([C@@H](O)C=C(c2ccccc2)c2ccccc2)O1. The van der Waals surface area contributed by atoms with Crippen molar-refractivity contribution in [1.29, 1.82) is 0 Å². The number of aliphatic hydroxyl groups excluding tert-OH is 1. The molecule has 0 saturated heterocycles. The van der Waals surface area contributed by atoms with Crippen LogP contribution in [0.15, 0.2) is 78.9 Å². The van der Waals surface area contributed by atoms with Crippen LogP contribution in [0.1, 0.15) is 11.1 Å². The van der Waals surface area contributed by atoms with Crippen LogP contribution in [0.5, 0.6) is 0 Å². The van der Waals surface area contributed by atoms with E-state index in [4.69, 9.17) is 4.74 Å². The molecule has 2 aromatic rings. The average Bonchev–Trinajstić information content (AvgIpc) is 3.01. The summed E-state index contributed by atoms with van der Waals surface area (Å²) >= 11 is 0. The van der Waals surface area contributed by atoms with Crippen molar-refractivity contribution in [2.75, 3.05) is 0 Å². The van der Waals surface area contributed by atoms with Crippen molar-refractivity contribution >= 4 is 11.5 Å². The van der Waals surface area contributed by atoms with Crippen molar-refractivity contribution in [1.82, 2.24) is 0 Å². The van der Waals surface area contributed by atoms with Crippen LogP contribution in [0.25, 0.3) is 5.57 Å². The summed E-state index contributed by atoms with van der Waals surface area (Å²) in [5.41, 5.74) is 2.91. The van der Waals surface area contributed by atoms with Gasteiger partial charge in [0, 0.05) is 6.08 Å². The van der Waals surface area contributed by atoms with Gasteiger partial charge in [0.25, 0.3) is 0 Å². The second-order valence-electron chi connectivity index (χ2n) is 5.06. The average molecular weight is 292 g/mol. The fraction of sp³-hybridized carbons (Fsp3) is 0.105. The third-order valence-electron chi connectivity index (χ3n) is 3.52. The molecule has 0 bridgehead atoms. The van der Waals surface area contributed by atoms with Gasteiger partial charge in [0.15, 0.2) is 6.10 Å². The summed E-state index contributed by atoms with van der Waals surface area (Å²) in [6, 6.07) is 19.7. The Bertz CT molecular complexity index is 660. The van der Waals surface area contributed by atoms with Gasteiger partial charge in [-0.3, -0.25) is 0 Å². The van der Waals surface area contributed by atoms with E-state index in [1.54, 1.807) is 12.2 Å². The van der Waals surface area contributed by atoms with Gasteiger partial charge in [0.05, 0.1) is 0 Å². The Hall–Kier alpha value is -2.65. The summed E-state index contributed by atoms with van der Waals surface area (Å²) in [6.07, 6.45) is 3.13. The molecule has 0 fully saturated rings. The Labute approximate surface area is 129 Å². The highest BCUT2D eigenvalue weighted by Gasteiger charge is 2.24. The lowest BCUT2D eigenvalue weighted by atomic mass is 9.95. The minimum atomic E-state index is -0.891. The quantitative estimate of drug-likeness (QED) is 0.881. The number of esters is 1. The molecule has 0 aliphatic carbocycles. The molecule has 2 atom stereocenters. The molecule has 22 heavy (non-hydrogen) atoms. The van der Waals surface area contributed by atoms with E-state index >= 15 is 0 Å². The molecule has 0 radical (unpaired) electrons. The fourth-order valence-electron chi connectivity index (χ4n) is 2.43. The van der Waals surface area contributed by atoms with Crippen LogP contribution in [0.4, 0.5) is 0 Å². The standard InChI is InChI=1S/C19H16O3/c20-17(18-11-12-19(21)22-18)13-16(14-7-3-1-4-8-14)15-9-5-2-6-10-15/h1-13,17-18,20H/t17-,18-/m0/s1. The van der Waals surface area contributed by atoms with Gasteiger partial charge in [-0.15, -0.1) is 0 Å². The smallest absolute Gasteiger partial charge is 0.331 e. The van der Waals surface area contributed by atoms with E-state index in [2.05, 4.69) is 0 Å². The molecule has 110 valence electrons. The first-order valence-electron chi connectivity index (χ1n) is 7.13. The highest BCUT2D eigenvalue weighted by Crippen LogP contribution is 2.25. The Morgan fingerprint density at radius 1 is 1.00 bits per heavy atom. The fourth-order valence-corrected chi connectivity index (χ4v) is 2.43. The summed E-state index contributed by atoms with van der Waals surface area (Å²) in [5.74, 6) is -0.418. The molecule has 1 aliphatic heterocycles. The highest BCUT2D eigenvalue weighted by atomic mass is 16.6. The zero-order valence-corrected chi connectivity index (χ0v) is 11.9. The van der Waals surface area contributed by atoms with Gasteiger partial charge < -0.3 is 9.84 Å². The predicted octanol–water partition coefficient (Wildman–Crippen LogP) is 2.96. The van der Waals surface area contributed by atoms with Gasteiger partial charge >= 0.3 is 5.97 Å². The van der Waals surface area contributed by atoms with Crippen molar-refractivity contribution in [2.24, 2.45) is 0 Å². The summed E-state index contributed by atoms with van der Waals surface area (Å²) in [4.78, 5) is 11.1. The Morgan fingerprint density at radius 3 is 2.00 bits per heavy atom. The number of rotatable bonds is 4. The van der Waals surface area contributed by atoms with E-state index in [9.17, 15) is 9.90 Å². The molecular weight excluding hydrogens is 276 g/mol. The van der Waals surface area contributed by atoms with Crippen LogP contribution in [0.3, 0.4) is 0 Å². The van der Waals surface area contributed by atoms with E-state index in [1.165, 1.54) is 6.08 Å². The van der Waals surface area contributed by atoms with E-state index in [1.807, 2.05) is 60.7 Å². The van der Waals surface area contributed by atoms with Crippen molar-refractivity contribution in [2.45, 2.75) is 12.2 Å². The number of hydrogen-bond acceptors (Lipinski definition) is 3. The van der Waals surface area contributed by atoms with Crippen molar-refractivity contribution < 1.29 is 14.6 Å². The lowest BCUT2D eigenvalue weighted by Crippen LogP contribution is -2.24. The minimum absolute atomic E-state index is 0.418. The summed E-state index contributed by atoms with van der Waals surface area (Å²) < 4.78 is 5.05. The summed E-state index contributed by atoms with van der Waals surface area (Å²) in [5, 5.41) is 10.4. The van der Waals surface area contributed by atoms with E-state index in [0.717, 1.165) is 16.7 Å². The molecule has 0 aromatic heterocycles. The number of benzene rings is 2. The molecule has 0 saturated carbocycles. The predicted molar refractivity (Wildman–Crippen MR) is 85.0 cm³/mol. The van der Waals surface area contributed by atoms with Crippen LogP contribution in [-0.4, -0.2) is 23.3 Å². The number of carbonyl (C=O) groups excluding carboxylic acids is 1. The highest BCUT2D eigenvalue weighted by molar-refractivity contribution is 5.85. The number of cyclic esters (lactones) is 1. The normalized spacial score (nSPS) is 17.9. The van der Waals surface area contributed by atoms with Crippen LogP contribution in [0.2, 0.25) is 0 Å². The molecule has 1 aliphatic rings.